The molecule has 1 amide bonds. The lowest BCUT2D eigenvalue weighted by molar-refractivity contribution is -0.134. The van der Waals surface area contributed by atoms with Crippen molar-refractivity contribution >= 4 is 5.91 Å². The van der Waals surface area contributed by atoms with E-state index in [-0.39, 0.29) is 5.91 Å². The molecule has 0 aliphatic heterocycles. The largest absolute Gasteiger partial charge is 0.326 e. The van der Waals surface area contributed by atoms with Crippen LogP contribution >= 0.6 is 0 Å². The van der Waals surface area contributed by atoms with Gasteiger partial charge in [-0.05, 0) is 19.3 Å². The Labute approximate surface area is 106 Å². The number of unbranched alkanes of at least 4 members (excludes halogenated alkanes) is 5. The van der Waals surface area contributed by atoms with Gasteiger partial charge in [-0.15, -0.1) is 0 Å². The lowest BCUT2D eigenvalue weighted by atomic mass is 9.99. The second-order valence-electron chi connectivity index (χ2n) is 4.94. The van der Waals surface area contributed by atoms with Crippen LogP contribution in [-0.2, 0) is 9.90 Å². The number of hydrogen-bond acceptors (Lipinski definition) is 1. The van der Waals surface area contributed by atoms with Crippen molar-refractivity contribution in [2.24, 2.45) is 0 Å². The zero-order valence-corrected chi connectivity index (χ0v) is 11.7. The summed E-state index contributed by atoms with van der Waals surface area (Å²) < 4.78 is 0. The molecule has 1 radical (unpaired) electrons. The molecule has 0 spiro atoms. The topological polar surface area (TPSA) is 49.0 Å². The van der Waals surface area contributed by atoms with E-state index in [4.69, 9.17) is 0 Å². The van der Waals surface area contributed by atoms with Crippen molar-refractivity contribution in [2.75, 3.05) is 0 Å². The van der Waals surface area contributed by atoms with Crippen molar-refractivity contribution in [3.63, 3.8) is 0 Å². The highest BCUT2D eigenvalue weighted by atomic mass is 16.3. The van der Waals surface area contributed by atoms with Gasteiger partial charge in [0.1, 0.15) is 0 Å². The van der Waals surface area contributed by atoms with Crippen molar-refractivity contribution < 1.29 is 9.90 Å². The van der Waals surface area contributed by atoms with Crippen molar-refractivity contribution in [3.05, 3.63) is 0 Å². The summed E-state index contributed by atoms with van der Waals surface area (Å²) in [6, 6.07) is 0. The predicted octanol–water partition coefficient (Wildman–Crippen LogP) is 3.80. The summed E-state index contributed by atoms with van der Waals surface area (Å²) in [5.74, 6) is -0.209. The van der Waals surface area contributed by atoms with E-state index in [1.54, 1.807) is 0 Å². The molecule has 0 aliphatic rings. The Balaban J connectivity index is 3.80. The highest BCUT2D eigenvalue weighted by Crippen LogP contribution is 2.19. The van der Waals surface area contributed by atoms with Gasteiger partial charge in [0.05, 0.1) is 0 Å². The van der Waals surface area contributed by atoms with E-state index in [2.05, 4.69) is 12.2 Å². The van der Waals surface area contributed by atoms with Gasteiger partial charge in [0.2, 0.25) is 5.91 Å². The van der Waals surface area contributed by atoms with Crippen LogP contribution in [0.2, 0.25) is 0 Å². The number of hydrogen-bond donors (Lipinski definition) is 1. The van der Waals surface area contributed by atoms with Gasteiger partial charge >= 0.3 is 0 Å². The number of nitrogens with one attached hydrogen (secondary N) is 1. The number of rotatable bonds is 10. The number of amides is 1. The van der Waals surface area contributed by atoms with E-state index in [1.165, 1.54) is 32.6 Å². The minimum atomic E-state index is -1.23. The normalized spacial score (nSPS) is 14.4. The molecule has 0 heterocycles. The Kier molecular flexibility index (Phi) is 9.14. The van der Waals surface area contributed by atoms with E-state index in [0.717, 1.165) is 19.3 Å². The summed E-state index contributed by atoms with van der Waals surface area (Å²) in [6.07, 6.45) is 8.93. The minimum Gasteiger partial charge on any atom is -0.326 e. The van der Waals surface area contributed by atoms with Gasteiger partial charge in [-0.25, -0.2) is 5.11 Å². The van der Waals surface area contributed by atoms with Crippen LogP contribution in [0.15, 0.2) is 0 Å². The molecule has 1 N–H and O–H groups in total. The monoisotopic (exact) mass is 242 g/mol. The molecule has 0 saturated heterocycles. The van der Waals surface area contributed by atoms with E-state index in [0.29, 0.717) is 12.8 Å². The zero-order valence-electron chi connectivity index (χ0n) is 11.7. The first-order chi connectivity index (χ1) is 8.04. The van der Waals surface area contributed by atoms with E-state index in [1.807, 2.05) is 6.92 Å². The number of carbonyl (C=O) groups excluding carboxylic acids is 1. The minimum absolute atomic E-state index is 0.209. The maximum Gasteiger partial charge on any atom is 0.219 e. The van der Waals surface area contributed by atoms with Gasteiger partial charge in [0.15, 0.2) is 5.72 Å². The van der Waals surface area contributed by atoms with Crippen LogP contribution in [0.5, 0.6) is 0 Å². The molecule has 0 aromatic rings. The first-order valence-corrected chi connectivity index (χ1v) is 7.03. The molecule has 0 aromatic heterocycles. The predicted molar refractivity (Wildman–Crippen MR) is 70.1 cm³/mol. The van der Waals surface area contributed by atoms with Crippen molar-refractivity contribution in [1.29, 1.82) is 0 Å². The van der Waals surface area contributed by atoms with Crippen molar-refractivity contribution in [3.8, 4) is 0 Å². The third-order valence-corrected chi connectivity index (χ3v) is 2.99. The standard InChI is InChI=1S/C14H28NO2/c1-4-6-7-8-9-10-12-14(17,11-5-2)15-13(3)16/h4-12H2,1-3H3,(H,15,16). The number of carbonyl (C=O) groups is 1. The fraction of sp³-hybridized carbons (Fsp3) is 0.929. The first-order valence-electron chi connectivity index (χ1n) is 7.03. The molecule has 0 saturated carbocycles. The van der Waals surface area contributed by atoms with Gasteiger partial charge < -0.3 is 5.32 Å². The maximum absolute atomic E-state index is 12.3. The molecule has 3 nitrogen and oxygen atoms in total. The molecular weight excluding hydrogens is 214 g/mol. The summed E-state index contributed by atoms with van der Waals surface area (Å²) in [5, 5.41) is 14.8. The Hall–Kier alpha value is -0.570. The average Bonchev–Trinajstić information content (AvgIpc) is 2.22. The molecule has 0 bridgehead atoms. The molecule has 0 aromatic carbocycles. The molecular formula is C14H28NO2. The third-order valence-electron chi connectivity index (χ3n) is 2.99. The van der Waals surface area contributed by atoms with Gasteiger partial charge in [0.25, 0.3) is 0 Å². The van der Waals surface area contributed by atoms with E-state index >= 15 is 0 Å². The third kappa shape index (κ3) is 9.16. The van der Waals surface area contributed by atoms with E-state index < -0.39 is 5.72 Å². The van der Waals surface area contributed by atoms with Gasteiger partial charge in [-0.2, -0.15) is 0 Å². The summed E-state index contributed by atoms with van der Waals surface area (Å²) in [7, 11) is 0. The summed E-state index contributed by atoms with van der Waals surface area (Å²) >= 11 is 0. The van der Waals surface area contributed by atoms with Gasteiger partial charge in [-0.3, -0.25) is 4.79 Å². The molecule has 0 aliphatic carbocycles. The zero-order chi connectivity index (χ0) is 13.1. The van der Waals surface area contributed by atoms with Gasteiger partial charge in [-0.1, -0.05) is 52.4 Å². The maximum atomic E-state index is 12.3. The summed E-state index contributed by atoms with van der Waals surface area (Å²) in [4.78, 5) is 11.0. The van der Waals surface area contributed by atoms with Crippen LogP contribution in [0.3, 0.4) is 0 Å². The molecule has 1 atom stereocenters. The Morgan fingerprint density at radius 1 is 0.941 bits per heavy atom. The molecule has 0 fully saturated rings. The van der Waals surface area contributed by atoms with Gasteiger partial charge in [0, 0.05) is 6.92 Å². The highest BCUT2D eigenvalue weighted by Gasteiger charge is 2.28. The Morgan fingerprint density at radius 2 is 1.53 bits per heavy atom. The second kappa shape index (κ2) is 9.46. The van der Waals surface area contributed by atoms with Crippen LogP contribution < -0.4 is 5.32 Å². The Bertz CT molecular complexity index is 206. The smallest absolute Gasteiger partial charge is 0.219 e. The lowest BCUT2D eigenvalue weighted by Crippen LogP contribution is -2.46. The summed E-state index contributed by atoms with van der Waals surface area (Å²) in [6.45, 7) is 5.60. The molecule has 17 heavy (non-hydrogen) atoms. The van der Waals surface area contributed by atoms with Crippen molar-refractivity contribution in [1.82, 2.24) is 5.32 Å². The highest BCUT2D eigenvalue weighted by molar-refractivity contribution is 5.73. The molecule has 1 unspecified atom stereocenters. The second-order valence-corrected chi connectivity index (χ2v) is 4.94. The average molecular weight is 242 g/mol. The molecule has 3 heteroatoms. The SMILES string of the molecule is CCCCCCCCC([O])(CCC)NC(C)=O. The van der Waals surface area contributed by atoms with Crippen LogP contribution in [0.4, 0.5) is 0 Å². The van der Waals surface area contributed by atoms with Crippen LogP contribution in [0.25, 0.3) is 0 Å². The van der Waals surface area contributed by atoms with Crippen LogP contribution in [-0.4, -0.2) is 11.6 Å². The van der Waals surface area contributed by atoms with Crippen LogP contribution in [0, 0.1) is 0 Å². The quantitative estimate of drug-likeness (QED) is 0.459. The van der Waals surface area contributed by atoms with Crippen LogP contribution in [0.1, 0.15) is 78.6 Å². The lowest BCUT2D eigenvalue weighted by Gasteiger charge is -2.25. The fourth-order valence-electron chi connectivity index (χ4n) is 2.17. The molecule has 0 rings (SSSR count). The van der Waals surface area contributed by atoms with Crippen molar-refractivity contribution in [2.45, 2.75) is 84.3 Å². The fourth-order valence-corrected chi connectivity index (χ4v) is 2.17. The molecule has 101 valence electrons. The Morgan fingerprint density at radius 3 is 2.06 bits per heavy atom. The summed E-state index contributed by atoms with van der Waals surface area (Å²) in [5.41, 5.74) is -1.23. The first kappa shape index (κ1) is 16.4. The van der Waals surface area contributed by atoms with E-state index in [9.17, 15) is 9.90 Å².